The van der Waals surface area contributed by atoms with E-state index in [-0.39, 0.29) is 0 Å². The van der Waals surface area contributed by atoms with Crippen molar-refractivity contribution in [2.75, 3.05) is 0 Å². The van der Waals surface area contributed by atoms with Crippen LogP contribution in [0.5, 0.6) is 0 Å². The third-order valence-electron chi connectivity index (χ3n) is 1.21. The quantitative estimate of drug-likeness (QED) is 0.665. The lowest BCUT2D eigenvalue weighted by molar-refractivity contribution is 0.600. The van der Waals surface area contributed by atoms with Crippen molar-refractivity contribution in [1.29, 1.82) is 0 Å². The monoisotopic (exact) mass is 182 g/mol. The molecule has 0 aliphatic rings. The number of nitrogens with one attached hydrogen (secondary N) is 1. The van der Waals surface area contributed by atoms with Crippen LogP contribution in [0.1, 0.15) is 0 Å². The number of halogens is 2. The van der Waals surface area contributed by atoms with E-state index in [1.165, 1.54) is 0 Å². The van der Waals surface area contributed by atoms with Gasteiger partial charge in [-0.15, -0.1) is 0 Å². The molecule has 4 heteroatoms. The lowest BCUT2D eigenvalue weighted by atomic mass is 10.3. The number of benzene rings is 1. The lowest BCUT2D eigenvalue weighted by Gasteiger charge is -1.83. The third kappa shape index (κ3) is 4.00. The van der Waals surface area contributed by atoms with Gasteiger partial charge in [0.15, 0.2) is 0 Å². The third-order valence-corrected chi connectivity index (χ3v) is 1.21. The van der Waals surface area contributed by atoms with Crippen LogP contribution in [0.4, 0.5) is 8.78 Å². The Balaban J connectivity index is 0.000000145. The predicted octanol–water partition coefficient (Wildman–Crippen LogP) is 2.37. The molecule has 2 rings (SSSR count). The molecule has 1 N–H and O–H groups in total. The van der Waals surface area contributed by atoms with Gasteiger partial charge in [-0.3, -0.25) is 5.10 Å². The Morgan fingerprint density at radius 1 is 1.00 bits per heavy atom. The van der Waals surface area contributed by atoms with Gasteiger partial charge >= 0.3 is 0 Å². The van der Waals surface area contributed by atoms with E-state index in [0.29, 0.717) is 0 Å². The van der Waals surface area contributed by atoms with Crippen molar-refractivity contribution < 1.29 is 8.78 Å². The number of nitrogens with zero attached hydrogens (tertiary/aromatic N) is 1. The van der Waals surface area contributed by atoms with E-state index >= 15 is 0 Å². The maximum absolute atomic E-state index is 11.9. The molecule has 0 atom stereocenters. The van der Waals surface area contributed by atoms with Crippen molar-refractivity contribution >= 4 is 0 Å². The van der Waals surface area contributed by atoms with Gasteiger partial charge in [0.2, 0.25) is 0 Å². The Labute approximate surface area is 74.2 Å². The Bertz CT molecular complexity index is 278. The molecule has 1 aromatic heterocycles. The van der Waals surface area contributed by atoms with Crippen LogP contribution in [0, 0.1) is 11.6 Å². The van der Waals surface area contributed by atoms with Crippen molar-refractivity contribution in [2.24, 2.45) is 0 Å². The van der Waals surface area contributed by atoms with Gasteiger partial charge in [-0.2, -0.15) is 5.10 Å². The van der Waals surface area contributed by atoms with E-state index in [4.69, 9.17) is 0 Å². The molecular weight excluding hydrogens is 174 g/mol. The molecule has 2 aromatic rings. The Morgan fingerprint density at radius 3 is 1.77 bits per heavy atom. The maximum atomic E-state index is 11.9. The molecule has 0 saturated carbocycles. The average molecular weight is 182 g/mol. The topological polar surface area (TPSA) is 28.7 Å². The van der Waals surface area contributed by atoms with Crippen LogP contribution in [-0.4, -0.2) is 10.2 Å². The van der Waals surface area contributed by atoms with Gasteiger partial charge in [0.1, 0.15) is 11.6 Å². The maximum Gasteiger partial charge on any atom is 0.123 e. The highest BCUT2D eigenvalue weighted by Gasteiger charge is 1.86. The van der Waals surface area contributed by atoms with Crippen LogP contribution in [-0.2, 0) is 0 Å². The van der Waals surface area contributed by atoms with Gasteiger partial charge in [-0.1, -0.05) is 0 Å². The second kappa shape index (κ2) is 5.03. The molecule has 68 valence electrons. The predicted molar refractivity (Wildman–Crippen MR) is 44.9 cm³/mol. The van der Waals surface area contributed by atoms with Crippen molar-refractivity contribution in [3.8, 4) is 0 Å². The Morgan fingerprint density at radius 2 is 1.54 bits per heavy atom. The van der Waals surface area contributed by atoms with Crippen LogP contribution >= 0.6 is 0 Å². The van der Waals surface area contributed by atoms with Gasteiger partial charge < -0.3 is 0 Å². The molecule has 0 unspecified atom stereocenters. The summed E-state index contributed by atoms with van der Waals surface area (Å²) in [5, 5.41) is 6.21. The van der Waals surface area contributed by atoms with E-state index in [1.807, 2.05) is 6.07 Å². The summed E-state index contributed by atoms with van der Waals surface area (Å²) >= 11 is 0. The fourth-order valence-corrected chi connectivity index (χ4v) is 0.645. The molecule has 0 amide bonds. The molecular formula is C9H8F2N2. The van der Waals surface area contributed by atoms with Crippen molar-refractivity contribution in [3.05, 3.63) is 54.4 Å². The second-order valence-electron chi connectivity index (χ2n) is 2.20. The van der Waals surface area contributed by atoms with Gasteiger partial charge in [0.25, 0.3) is 0 Å². The SMILES string of the molecule is Fc1ccc(F)cc1.c1cn[nH]c1. The normalized spacial score (nSPS) is 8.77. The fourth-order valence-electron chi connectivity index (χ4n) is 0.645. The Kier molecular flexibility index (Phi) is 3.63. The molecule has 0 aliphatic heterocycles. The summed E-state index contributed by atoms with van der Waals surface area (Å²) in [5.41, 5.74) is 0. The zero-order chi connectivity index (χ0) is 9.52. The Hall–Kier alpha value is -1.71. The first-order valence-corrected chi connectivity index (χ1v) is 3.64. The molecule has 2 nitrogen and oxygen atoms in total. The molecule has 1 aromatic carbocycles. The summed E-state index contributed by atoms with van der Waals surface area (Å²) in [7, 11) is 0. The highest BCUT2D eigenvalue weighted by molar-refractivity contribution is 5.04. The number of aromatic amines is 1. The van der Waals surface area contributed by atoms with Crippen LogP contribution < -0.4 is 0 Å². The number of hydrogen-bond acceptors (Lipinski definition) is 1. The molecule has 0 bridgehead atoms. The molecule has 13 heavy (non-hydrogen) atoms. The summed E-state index contributed by atoms with van der Waals surface area (Å²) < 4.78 is 23.8. The van der Waals surface area contributed by atoms with E-state index in [0.717, 1.165) is 24.3 Å². The van der Waals surface area contributed by atoms with Gasteiger partial charge in [-0.25, -0.2) is 8.78 Å². The summed E-state index contributed by atoms with van der Waals surface area (Å²) in [6.07, 6.45) is 3.46. The van der Waals surface area contributed by atoms with Crippen LogP contribution in [0.25, 0.3) is 0 Å². The van der Waals surface area contributed by atoms with Crippen molar-refractivity contribution in [1.82, 2.24) is 10.2 Å². The first kappa shape index (κ1) is 9.38. The number of hydrogen-bond donors (Lipinski definition) is 1. The van der Waals surface area contributed by atoms with E-state index in [1.54, 1.807) is 12.4 Å². The van der Waals surface area contributed by atoms with Crippen LogP contribution in [0.2, 0.25) is 0 Å². The summed E-state index contributed by atoms with van der Waals surface area (Å²) in [4.78, 5) is 0. The smallest absolute Gasteiger partial charge is 0.123 e. The summed E-state index contributed by atoms with van der Waals surface area (Å²) in [6, 6.07) is 6.15. The van der Waals surface area contributed by atoms with Crippen LogP contribution in [0.3, 0.4) is 0 Å². The minimum atomic E-state index is -0.411. The molecule has 0 aliphatic carbocycles. The first-order valence-electron chi connectivity index (χ1n) is 3.64. The minimum absolute atomic E-state index is 0.411. The highest BCUT2D eigenvalue weighted by Crippen LogP contribution is 1.98. The number of H-pyrrole nitrogens is 1. The van der Waals surface area contributed by atoms with Gasteiger partial charge in [0.05, 0.1) is 0 Å². The van der Waals surface area contributed by atoms with Gasteiger partial charge in [0, 0.05) is 12.4 Å². The number of rotatable bonds is 0. The first-order chi connectivity index (χ1) is 6.29. The largest absolute Gasteiger partial charge is 0.286 e. The molecule has 0 saturated heterocycles. The zero-order valence-electron chi connectivity index (χ0n) is 6.74. The molecule has 1 heterocycles. The molecule has 0 fully saturated rings. The van der Waals surface area contributed by atoms with Crippen molar-refractivity contribution in [2.45, 2.75) is 0 Å². The lowest BCUT2D eigenvalue weighted by Crippen LogP contribution is -1.72. The average Bonchev–Trinajstić information content (AvgIpc) is 2.68. The van der Waals surface area contributed by atoms with Gasteiger partial charge in [-0.05, 0) is 30.3 Å². The molecule has 0 spiro atoms. The summed E-state index contributed by atoms with van der Waals surface area (Å²) in [5.74, 6) is -0.821. The van der Waals surface area contributed by atoms with E-state index in [9.17, 15) is 8.78 Å². The van der Waals surface area contributed by atoms with E-state index in [2.05, 4.69) is 10.2 Å². The molecule has 0 radical (unpaired) electrons. The minimum Gasteiger partial charge on any atom is -0.286 e. The standard InChI is InChI=1S/C6H4F2.C3H4N2/c7-5-1-2-6(8)4-3-5;1-2-4-5-3-1/h1-4H;1-3H,(H,4,5). The van der Waals surface area contributed by atoms with Crippen molar-refractivity contribution in [3.63, 3.8) is 0 Å². The van der Waals surface area contributed by atoms with E-state index < -0.39 is 11.6 Å². The zero-order valence-corrected chi connectivity index (χ0v) is 6.74. The summed E-state index contributed by atoms with van der Waals surface area (Å²) in [6.45, 7) is 0. The second-order valence-corrected chi connectivity index (χ2v) is 2.20. The highest BCUT2D eigenvalue weighted by atomic mass is 19.1. The number of aromatic nitrogens is 2. The van der Waals surface area contributed by atoms with Crippen LogP contribution in [0.15, 0.2) is 42.7 Å². The fraction of sp³-hybridized carbons (Fsp3) is 0.